The van der Waals surface area contributed by atoms with Crippen molar-refractivity contribution in [1.82, 2.24) is 15.6 Å². The third kappa shape index (κ3) is 3.57. The van der Waals surface area contributed by atoms with Crippen LogP contribution in [0.25, 0.3) is 0 Å². The lowest BCUT2D eigenvalue weighted by atomic mass is 10.1. The second kappa shape index (κ2) is 6.91. The summed E-state index contributed by atoms with van der Waals surface area (Å²) in [5.74, 6) is -1.14. The molecule has 2 aromatic rings. The minimum atomic E-state index is -0.923. The van der Waals surface area contributed by atoms with Gasteiger partial charge >= 0.3 is 0 Å². The van der Waals surface area contributed by atoms with Gasteiger partial charge in [0.15, 0.2) is 0 Å². The number of rotatable bonds is 4. The van der Waals surface area contributed by atoms with E-state index in [1.807, 2.05) is 6.07 Å². The molecule has 0 spiro atoms. The van der Waals surface area contributed by atoms with Crippen LogP contribution < -0.4 is 16.0 Å². The Morgan fingerprint density at radius 3 is 2.71 bits per heavy atom. The Balaban J connectivity index is 1.62. The van der Waals surface area contributed by atoms with E-state index in [1.165, 1.54) is 0 Å². The van der Waals surface area contributed by atoms with Crippen LogP contribution in [0.15, 0.2) is 48.7 Å². The molecule has 3 rings (SSSR count). The standard InChI is InChI=1S/C17H16N4O3/c22-15(19-10-11-5-3-4-8-18-11)9-14-17(24)20-13-7-2-1-6-12(13)16(23)21-14/h1-8,14H,9-10H2,(H,19,22)(H,20,24)(H,21,23). The number of carbonyl (C=O) groups is 3. The lowest BCUT2D eigenvalue weighted by Crippen LogP contribution is -2.44. The zero-order valence-corrected chi connectivity index (χ0v) is 12.8. The first-order valence-corrected chi connectivity index (χ1v) is 7.51. The lowest BCUT2D eigenvalue weighted by molar-refractivity contribution is -0.125. The molecule has 1 aliphatic heterocycles. The van der Waals surface area contributed by atoms with Crippen LogP contribution in [0.5, 0.6) is 0 Å². The molecule has 1 unspecified atom stereocenters. The van der Waals surface area contributed by atoms with Crippen LogP contribution in [-0.4, -0.2) is 28.7 Å². The molecule has 0 fully saturated rings. The fourth-order valence-corrected chi connectivity index (χ4v) is 2.40. The smallest absolute Gasteiger partial charge is 0.254 e. The SMILES string of the molecule is O=C(CC1NC(=O)c2ccccc2NC1=O)NCc1ccccn1. The topological polar surface area (TPSA) is 100 Å². The second-order valence-electron chi connectivity index (χ2n) is 5.36. The summed E-state index contributed by atoms with van der Waals surface area (Å²) in [6.07, 6.45) is 1.50. The molecular formula is C17H16N4O3. The molecule has 0 saturated carbocycles. The Hall–Kier alpha value is -3.22. The number of fused-ring (bicyclic) bond motifs is 1. The van der Waals surface area contributed by atoms with Crippen molar-refractivity contribution in [3.63, 3.8) is 0 Å². The highest BCUT2D eigenvalue weighted by atomic mass is 16.2. The Morgan fingerprint density at radius 1 is 1.12 bits per heavy atom. The molecule has 2 heterocycles. The Morgan fingerprint density at radius 2 is 1.92 bits per heavy atom. The quantitative estimate of drug-likeness (QED) is 0.776. The van der Waals surface area contributed by atoms with E-state index in [-0.39, 0.29) is 24.8 Å². The van der Waals surface area contributed by atoms with E-state index >= 15 is 0 Å². The summed E-state index contributed by atoms with van der Waals surface area (Å²) in [5, 5.41) is 7.94. The Bertz CT molecular complexity index is 776. The number of amides is 3. The van der Waals surface area contributed by atoms with Gasteiger partial charge in [0.1, 0.15) is 6.04 Å². The molecule has 0 aliphatic carbocycles. The largest absolute Gasteiger partial charge is 0.350 e. The van der Waals surface area contributed by atoms with Gasteiger partial charge in [0.2, 0.25) is 11.8 Å². The molecule has 1 aliphatic rings. The number of hydrogen-bond donors (Lipinski definition) is 3. The van der Waals surface area contributed by atoms with Crippen LogP contribution in [0.4, 0.5) is 5.69 Å². The van der Waals surface area contributed by atoms with E-state index in [0.29, 0.717) is 16.9 Å². The van der Waals surface area contributed by atoms with Crippen molar-refractivity contribution in [1.29, 1.82) is 0 Å². The van der Waals surface area contributed by atoms with Gasteiger partial charge in [-0.25, -0.2) is 0 Å². The van der Waals surface area contributed by atoms with Crippen LogP contribution in [0.3, 0.4) is 0 Å². The van der Waals surface area contributed by atoms with Crippen molar-refractivity contribution in [2.45, 2.75) is 19.0 Å². The van der Waals surface area contributed by atoms with Gasteiger partial charge in [-0.3, -0.25) is 19.4 Å². The number of carbonyl (C=O) groups excluding carboxylic acids is 3. The minimum Gasteiger partial charge on any atom is -0.350 e. The van der Waals surface area contributed by atoms with Crippen molar-refractivity contribution >= 4 is 23.4 Å². The molecule has 0 saturated heterocycles. The molecule has 0 bridgehead atoms. The van der Waals surface area contributed by atoms with Crippen LogP contribution in [-0.2, 0) is 16.1 Å². The number of nitrogens with zero attached hydrogens (tertiary/aromatic N) is 1. The molecule has 7 nitrogen and oxygen atoms in total. The molecule has 7 heteroatoms. The summed E-state index contributed by atoms with van der Waals surface area (Å²) >= 11 is 0. The zero-order chi connectivity index (χ0) is 16.9. The lowest BCUT2D eigenvalue weighted by Gasteiger charge is -2.14. The van der Waals surface area contributed by atoms with Crippen molar-refractivity contribution < 1.29 is 14.4 Å². The van der Waals surface area contributed by atoms with E-state index in [1.54, 1.807) is 42.6 Å². The van der Waals surface area contributed by atoms with E-state index in [9.17, 15) is 14.4 Å². The Labute approximate surface area is 138 Å². The third-order valence-corrected chi connectivity index (χ3v) is 3.63. The maximum Gasteiger partial charge on any atom is 0.254 e. The number of nitrogens with one attached hydrogen (secondary N) is 3. The first-order chi connectivity index (χ1) is 11.6. The highest BCUT2D eigenvalue weighted by molar-refractivity contribution is 6.10. The molecule has 1 aromatic carbocycles. The van der Waals surface area contributed by atoms with Crippen LogP contribution in [0.2, 0.25) is 0 Å². The van der Waals surface area contributed by atoms with Crippen LogP contribution >= 0.6 is 0 Å². The van der Waals surface area contributed by atoms with Crippen LogP contribution in [0, 0.1) is 0 Å². The first-order valence-electron chi connectivity index (χ1n) is 7.51. The molecule has 3 N–H and O–H groups in total. The number of anilines is 1. The fourth-order valence-electron chi connectivity index (χ4n) is 2.40. The molecule has 24 heavy (non-hydrogen) atoms. The van der Waals surface area contributed by atoms with Gasteiger partial charge in [0, 0.05) is 6.20 Å². The molecule has 1 atom stereocenters. The summed E-state index contributed by atoms with van der Waals surface area (Å²) in [6, 6.07) is 11.2. The highest BCUT2D eigenvalue weighted by Gasteiger charge is 2.29. The van der Waals surface area contributed by atoms with E-state index in [0.717, 1.165) is 0 Å². The van der Waals surface area contributed by atoms with E-state index in [2.05, 4.69) is 20.9 Å². The Kier molecular flexibility index (Phi) is 4.51. The van der Waals surface area contributed by atoms with Gasteiger partial charge < -0.3 is 16.0 Å². The predicted molar refractivity (Wildman–Crippen MR) is 87.0 cm³/mol. The zero-order valence-electron chi connectivity index (χ0n) is 12.8. The number of para-hydroxylation sites is 1. The minimum absolute atomic E-state index is 0.140. The second-order valence-corrected chi connectivity index (χ2v) is 5.36. The van der Waals surface area contributed by atoms with Gasteiger partial charge in [-0.15, -0.1) is 0 Å². The molecule has 3 amide bonds. The summed E-state index contributed by atoms with van der Waals surface area (Å²) in [5.41, 5.74) is 1.53. The normalized spacial score (nSPS) is 16.4. The van der Waals surface area contributed by atoms with E-state index in [4.69, 9.17) is 0 Å². The number of benzene rings is 1. The number of pyridine rings is 1. The molecule has 122 valence electrons. The van der Waals surface area contributed by atoms with Gasteiger partial charge in [-0.2, -0.15) is 0 Å². The van der Waals surface area contributed by atoms with Crippen molar-refractivity contribution in [2.75, 3.05) is 5.32 Å². The van der Waals surface area contributed by atoms with Crippen molar-refractivity contribution in [3.05, 3.63) is 59.9 Å². The molecule has 0 radical (unpaired) electrons. The summed E-state index contributed by atoms with van der Waals surface area (Å²) in [6.45, 7) is 0.266. The average Bonchev–Trinajstić information content (AvgIpc) is 2.71. The predicted octanol–water partition coefficient (Wildman–Crippen LogP) is 0.839. The van der Waals surface area contributed by atoms with Gasteiger partial charge in [0.25, 0.3) is 5.91 Å². The molecule has 1 aromatic heterocycles. The van der Waals surface area contributed by atoms with Gasteiger partial charge in [0.05, 0.1) is 29.9 Å². The third-order valence-electron chi connectivity index (χ3n) is 3.63. The number of aromatic nitrogens is 1. The highest BCUT2D eigenvalue weighted by Crippen LogP contribution is 2.18. The average molecular weight is 324 g/mol. The number of hydrogen-bond acceptors (Lipinski definition) is 4. The first kappa shape index (κ1) is 15.7. The fraction of sp³-hybridized carbons (Fsp3) is 0.176. The van der Waals surface area contributed by atoms with Crippen molar-refractivity contribution in [3.8, 4) is 0 Å². The van der Waals surface area contributed by atoms with Gasteiger partial charge in [-0.05, 0) is 24.3 Å². The maximum absolute atomic E-state index is 12.2. The van der Waals surface area contributed by atoms with E-state index < -0.39 is 11.9 Å². The van der Waals surface area contributed by atoms with Crippen LogP contribution in [0.1, 0.15) is 22.5 Å². The maximum atomic E-state index is 12.2. The van der Waals surface area contributed by atoms with Crippen molar-refractivity contribution in [2.24, 2.45) is 0 Å². The summed E-state index contributed by atoms with van der Waals surface area (Å²) < 4.78 is 0. The van der Waals surface area contributed by atoms with Gasteiger partial charge in [-0.1, -0.05) is 18.2 Å². The summed E-state index contributed by atoms with van der Waals surface area (Å²) in [4.78, 5) is 40.5. The monoisotopic (exact) mass is 324 g/mol. The summed E-state index contributed by atoms with van der Waals surface area (Å²) in [7, 11) is 0. The molecular weight excluding hydrogens is 308 g/mol.